The lowest BCUT2D eigenvalue weighted by Gasteiger charge is -2.15. The minimum Gasteiger partial charge on any atom is -0.338 e. The number of rotatable bonds is 5. The molecule has 2 amide bonds. The highest BCUT2D eigenvalue weighted by molar-refractivity contribution is 5.74. The molecular weight excluding hydrogens is 272 g/mol. The van der Waals surface area contributed by atoms with Crippen LogP contribution in [0.4, 0.5) is 4.79 Å². The summed E-state index contributed by atoms with van der Waals surface area (Å²) in [5.41, 5.74) is 3.66. The highest BCUT2D eigenvalue weighted by Gasteiger charge is 2.08. The Morgan fingerprint density at radius 2 is 1.50 bits per heavy atom. The van der Waals surface area contributed by atoms with Crippen LogP contribution in [0.5, 0.6) is 0 Å². The lowest BCUT2D eigenvalue weighted by Crippen LogP contribution is -2.40. The van der Waals surface area contributed by atoms with Crippen LogP contribution in [0.1, 0.15) is 32.3 Å². The van der Waals surface area contributed by atoms with E-state index in [9.17, 15) is 4.79 Å². The third-order valence-corrected chi connectivity index (χ3v) is 3.58. The van der Waals surface area contributed by atoms with Gasteiger partial charge in [-0.1, -0.05) is 61.5 Å². The summed E-state index contributed by atoms with van der Waals surface area (Å²) in [4.78, 5) is 11.6. The molecule has 2 N–H and O–H groups in total. The minimum atomic E-state index is -0.109. The summed E-state index contributed by atoms with van der Waals surface area (Å²) < 4.78 is 0. The van der Waals surface area contributed by atoms with Gasteiger partial charge in [-0.15, -0.1) is 0 Å². The van der Waals surface area contributed by atoms with Gasteiger partial charge in [-0.3, -0.25) is 0 Å². The van der Waals surface area contributed by atoms with Crippen molar-refractivity contribution >= 4 is 6.03 Å². The molecule has 0 saturated heterocycles. The zero-order valence-corrected chi connectivity index (χ0v) is 13.5. The molecular formula is C19H24N2O. The van der Waals surface area contributed by atoms with Gasteiger partial charge < -0.3 is 10.6 Å². The highest BCUT2D eigenvalue weighted by Crippen LogP contribution is 2.22. The Kier molecular flexibility index (Phi) is 5.59. The first-order valence-corrected chi connectivity index (χ1v) is 7.76. The van der Waals surface area contributed by atoms with E-state index < -0.39 is 0 Å². The lowest BCUT2D eigenvalue weighted by molar-refractivity contribution is 0.238. The SMILES string of the molecule is CC(C)NC(=O)NCC(C)c1ccc(-c2ccccc2)cc1. The van der Waals surface area contributed by atoms with E-state index in [0.717, 1.165) is 0 Å². The predicted octanol–water partition coefficient (Wildman–Crippen LogP) is 4.16. The second-order valence-electron chi connectivity index (χ2n) is 5.90. The molecule has 0 fully saturated rings. The first kappa shape index (κ1) is 16.1. The molecule has 0 aliphatic heterocycles. The van der Waals surface area contributed by atoms with Crippen LogP contribution < -0.4 is 10.6 Å². The molecule has 0 spiro atoms. The van der Waals surface area contributed by atoms with Gasteiger partial charge in [0.05, 0.1) is 0 Å². The van der Waals surface area contributed by atoms with Crippen molar-refractivity contribution in [2.75, 3.05) is 6.54 Å². The second-order valence-corrected chi connectivity index (χ2v) is 5.90. The molecule has 2 aromatic rings. The number of hydrogen-bond donors (Lipinski definition) is 2. The summed E-state index contributed by atoms with van der Waals surface area (Å²) in [5, 5.41) is 5.74. The maximum atomic E-state index is 11.6. The van der Waals surface area contributed by atoms with Crippen molar-refractivity contribution in [2.24, 2.45) is 0 Å². The summed E-state index contributed by atoms with van der Waals surface area (Å²) in [6.07, 6.45) is 0. The monoisotopic (exact) mass is 296 g/mol. The van der Waals surface area contributed by atoms with Crippen molar-refractivity contribution in [3.8, 4) is 11.1 Å². The zero-order chi connectivity index (χ0) is 15.9. The van der Waals surface area contributed by atoms with E-state index in [1.807, 2.05) is 32.0 Å². The van der Waals surface area contributed by atoms with E-state index in [-0.39, 0.29) is 18.0 Å². The summed E-state index contributed by atoms with van der Waals surface area (Å²) in [5.74, 6) is 0.280. The van der Waals surface area contributed by atoms with Gasteiger partial charge in [0.15, 0.2) is 0 Å². The Labute approximate surface area is 132 Å². The molecule has 0 saturated carbocycles. The maximum absolute atomic E-state index is 11.6. The summed E-state index contributed by atoms with van der Waals surface area (Å²) in [6, 6.07) is 18.9. The van der Waals surface area contributed by atoms with Crippen molar-refractivity contribution in [3.05, 3.63) is 60.2 Å². The average Bonchev–Trinajstić information content (AvgIpc) is 2.53. The second kappa shape index (κ2) is 7.64. The van der Waals surface area contributed by atoms with Gasteiger partial charge in [0.1, 0.15) is 0 Å². The molecule has 2 rings (SSSR count). The third-order valence-electron chi connectivity index (χ3n) is 3.58. The van der Waals surface area contributed by atoms with Crippen LogP contribution in [0.2, 0.25) is 0 Å². The average molecular weight is 296 g/mol. The third kappa shape index (κ3) is 4.62. The molecule has 0 aromatic heterocycles. The molecule has 0 heterocycles. The zero-order valence-electron chi connectivity index (χ0n) is 13.5. The minimum absolute atomic E-state index is 0.109. The van der Waals surface area contributed by atoms with Crippen LogP contribution in [-0.2, 0) is 0 Å². The Morgan fingerprint density at radius 3 is 2.09 bits per heavy atom. The Balaban J connectivity index is 1.94. The van der Waals surface area contributed by atoms with Crippen molar-refractivity contribution in [1.29, 1.82) is 0 Å². The number of nitrogens with one attached hydrogen (secondary N) is 2. The fraction of sp³-hybridized carbons (Fsp3) is 0.316. The highest BCUT2D eigenvalue weighted by atomic mass is 16.2. The summed E-state index contributed by atoms with van der Waals surface area (Å²) in [6.45, 7) is 6.65. The molecule has 3 heteroatoms. The maximum Gasteiger partial charge on any atom is 0.315 e. The van der Waals surface area contributed by atoms with Gasteiger partial charge in [-0.05, 0) is 36.5 Å². The molecule has 3 nitrogen and oxygen atoms in total. The van der Waals surface area contributed by atoms with E-state index in [1.165, 1.54) is 16.7 Å². The normalized spacial score (nSPS) is 12.0. The predicted molar refractivity (Wildman–Crippen MR) is 92.0 cm³/mol. The number of urea groups is 1. The van der Waals surface area contributed by atoms with Gasteiger partial charge in [0, 0.05) is 12.6 Å². The van der Waals surface area contributed by atoms with Crippen LogP contribution in [0, 0.1) is 0 Å². The van der Waals surface area contributed by atoms with Crippen molar-refractivity contribution in [3.63, 3.8) is 0 Å². The fourth-order valence-electron chi connectivity index (χ4n) is 2.31. The number of amides is 2. The van der Waals surface area contributed by atoms with Gasteiger partial charge in [-0.25, -0.2) is 4.79 Å². The molecule has 1 unspecified atom stereocenters. The van der Waals surface area contributed by atoms with E-state index in [0.29, 0.717) is 6.54 Å². The molecule has 22 heavy (non-hydrogen) atoms. The first-order chi connectivity index (χ1) is 10.6. The first-order valence-electron chi connectivity index (χ1n) is 7.76. The Morgan fingerprint density at radius 1 is 0.909 bits per heavy atom. The molecule has 0 aliphatic rings. The van der Waals surface area contributed by atoms with Crippen LogP contribution in [-0.4, -0.2) is 18.6 Å². The van der Waals surface area contributed by atoms with E-state index in [2.05, 4.69) is 54.0 Å². The number of carbonyl (C=O) groups excluding carboxylic acids is 1. The summed E-state index contributed by atoms with van der Waals surface area (Å²) >= 11 is 0. The lowest BCUT2D eigenvalue weighted by atomic mass is 9.97. The van der Waals surface area contributed by atoms with E-state index in [4.69, 9.17) is 0 Å². The molecule has 2 aromatic carbocycles. The molecule has 1 atom stereocenters. The van der Waals surface area contributed by atoms with Gasteiger partial charge in [0.25, 0.3) is 0 Å². The molecule has 0 radical (unpaired) electrons. The largest absolute Gasteiger partial charge is 0.338 e. The van der Waals surface area contributed by atoms with E-state index >= 15 is 0 Å². The van der Waals surface area contributed by atoms with E-state index in [1.54, 1.807) is 0 Å². The van der Waals surface area contributed by atoms with Gasteiger partial charge >= 0.3 is 6.03 Å². The Hall–Kier alpha value is -2.29. The molecule has 116 valence electrons. The van der Waals surface area contributed by atoms with Crippen LogP contribution in [0.3, 0.4) is 0 Å². The fourth-order valence-corrected chi connectivity index (χ4v) is 2.31. The number of benzene rings is 2. The van der Waals surface area contributed by atoms with Crippen molar-refractivity contribution < 1.29 is 4.79 Å². The summed E-state index contributed by atoms with van der Waals surface area (Å²) in [7, 11) is 0. The van der Waals surface area contributed by atoms with Gasteiger partial charge in [0.2, 0.25) is 0 Å². The standard InChI is InChI=1S/C19H24N2O/c1-14(2)21-19(22)20-13-15(3)16-9-11-18(12-10-16)17-7-5-4-6-8-17/h4-12,14-15H,13H2,1-3H3,(H2,20,21,22). The van der Waals surface area contributed by atoms with Crippen LogP contribution in [0.15, 0.2) is 54.6 Å². The van der Waals surface area contributed by atoms with Crippen LogP contribution >= 0.6 is 0 Å². The number of carbonyl (C=O) groups is 1. The topological polar surface area (TPSA) is 41.1 Å². The van der Waals surface area contributed by atoms with Crippen molar-refractivity contribution in [1.82, 2.24) is 10.6 Å². The molecule has 0 bridgehead atoms. The number of hydrogen-bond acceptors (Lipinski definition) is 1. The van der Waals surface area contributed by atoms with Gasteiger partial charge in [-0.2, -0.15) is 0 Å². The molecule has 0 aliphatic carbocycles. The van der Waals surface area contributed by atoms with Crippen molar-refractivity contribution in [2.45, 2.75) is 32.7 Å². The quantitative estimate of drug-likeness (QED) is 0.854. The Bertz CT molecular complexity index is 591. The van der Waals surface area contributed by atoms with Crippen LogP contribution in [0.25, 0.3) is 11.1 Å². The smallest absolute Gasteiger partial charge is 0.315 e.